The van der Waals surface area contributed by atoms with E-state index in [1.165, 1.54) is 0 Å². The van der Waals surface area contributed by atoms with E-state index in [0.29, 0.717) is 5.16 Å². The molecular weight excluding hydrogens is 179 g/mol. The molecule has 0 fully saturated rings. The van der Waals surface area contributed by atoms with Crippen molar-refractivity contribution >= 4 is 7.21 Å². The average Bonchev–Trinajstić information content (AvgIpc) is 2.04. The summed E-state index contributed by atoms with van der Waals surface area (Å²) >= 11 is 0. The first-order valence-corrected chi connectivity index (χ1v) is 7.21. The Kier molecular flexibility index (Phi) is 4.68. The van der Waals surface area contributed by atoms with Crippen LogP contribution in [0.3, 0.4) is 0 Å². The van der Waals surface area contributed by atoms with E-state index in [-0.39, 0.29) is 0 Å². The second-order valence-electron chi connectivity index (χ2n) is 4.42. The molecule has 3 heteroatoms. The fourth-order valence-electron chi connectivity index (χ4n) is 1.63. The molecular formula is C10H25N2P. The lowest BCUT2D eigenvalue weighted by Gasteiger charge is -2.41. The number of hydrogen-bond donors (Lipinski definition) is 0. The van der Waals surface area contributed by atoms with Gasteiger partial charge in [-0.3, -0.25) is 9.42 Å². The Morgan fingerprint density at radius 1 is 1.15 bits per heavy atom. The lowest BCUT2D eigenvalue weighted by atomic mass is 10.3. The van der Waals surface area contributed by atoms with E-state index in [1.807, 2.05) is 7.05 Å². The predicted octanol–water partition coefficient (Wildman–Crippen LogP) is 3.50. The molecule has 0 aromatic rings. The van der Waals surface area contributed by atoms with Crippen LogP contribution in [-0.4, -0.2) is 36.6 Å². The first kappa shape index (κ1) is 13.2. The maximum absolute atomic E-state index is 4.67. The van der Waals surface area contributed by atoms with E-state index in [4.69, 9.17) is 0 Å². The minimum atomic E-state index is -1.29. The van der Waals surface area contributed by atoms with Crippen molar-refractivity contribution in [1.82, 2.24) is 4.67 Å². The maximum atomic E-state index is 4.67. The molecule has 0 heterocycles. The lowest BCUT2D eigenvalue weighted by Crippen LogP contribution is -2.29. The van der Waals surface area contributed by atoms with Crippen LogP contribution in [-0.2, 0) is 0 Å². The van der Waals surface area contributed by atoms with E-state index in [0.717, 1.165) is 13.1 Å². The zero-order valence-electron chi connectivity index (χ0n) is 10.3. The fraction of sp³-hybridized carbons (Fsp3) is 1.00. The predicted molar refractivity (Wildman–Crippen MR) is 63.9 cm³/mol. The van der Waals surface area contributed by atoms with Crippen molar-refractivity contribution in [3.63, 3.8) is 0 Å². The number of hydrogen-bond acceptors (Lipinski definition) is 1. The smallest absolute Gasteiger partial charge is 0.0341 e. The topological polar surface area (TPSA) is 15.6 Å². The Balaban J connectivity index is 5.07. The minimum Gasteiger partial charge on any atom is -0.291 e. The largest absolute Gasteiger partial charge is 0.291 e. The van der Waals surface area contributed by atoms with Gasteiger partial charge < -0.3 is 0 Å². The van der Waals surface area contributed by atoms with Gasteiger partial charge in [-0.1, -0.05) is 34.6 Å². The molecule has 1 atom stereocenters. The van der Waals surface area contributed by atoms with E-state index in [9.17, 15) is 0 Å². The summed E-state index contributed by atoms with van der Waals surface area (Å²) in [6, 6.07) is 0. The summed E-state index contributed by atoms with van der Waals surface area (Å²) < 4.78 is 7.19. The molecule has 0 spiro atoms. The summed E-state index contributed by atoms with van der Waals surface area (Å²) in [5.41, 5.74) is 0. The van der Waals surface area contributed by atoms with Gasteiger partial charge >= 0.3 is 0 Å². The van der Waals surface area contributed by atoms with Crippen molar-refractivity contribution < 1.29 is 0 Å². The van der Waals surface area contributed by atoms with Gasteiger partial charge in [-0.2, -0.15) is 0 Å². The molecule has 13 heavy (non-hydrogen) atoms. The van der Waals surface area contributed by atoms with Crippen LogP contribution in [0, 0.1) is 0 Å². The minimum absolute atomic E-state index is 0.299. The quantitative estimate of drug-likeness (QED) is 0.642. The Morgan fingerprint density at radius 2 is 1.54 bits per heavy atom. The molecule has 0 radical (unpaired) electrons. The SMILES string of the molecule is CCN(CC)P(C)(=NC)C(C)(C)C. The van der Waals surface area contributed by atoms with Crippen molar-refractivity contribution in [3.8, 4) is 0 Å². The molecule has 0 saturated heterocycles. The zero-order valence-corrected chi connectivity index (χ0v) is 11.2. The second kappa shape index (κ2) is 4.61. The van der Waals surface area contributed by atoms with E-state index >= 15 is 0 Å². The molecule has 0 aromatic heterocycles. The van der Waals surface area contributed by atoms with Crippen molar-refractivity contribution in [1.29, 1.82) is 0 Å². The molecule has 0 saturated carbocycles. The Bertz CT molecular complexity index is 199. The monoisotopic (exact) mass is 204 g/mol. The molecule has 2 nitrogen and oxygen atoms in total. The van der Waals surface area contributed by atoms with Crippen LogP contribution in [0.2, 0.25) is 0 Å². The molecule has 0 aliphatic carbocycles. The fourth-order valence-corrected chi connectivity index (χ4v) is 4.43. The van der Waals surface area contributed by atoms with Gasteiger partial charge in [-0.25, -0.2) is 0 Å². The van der Waals surface area contributed by atoms with Crippen molar-refractivity contribution in [2.45, 2.75) is 39.8 Å². The molecule has 0 aliphatic rings. The first-order chi connectivity index (χ1) is 5.83. The van der Waals surface area contributed by atoms with Crippen LogP contribution in [0.4, 0.5) is 0 Å². The zero-order chi connectivity index (χ0) is 10.7. The lowest BCUT2D eigenvalue weighted by molar-refractivity contribution is 0.484. The molecule has 0 bridgehead atoms. The van der Waals surface area contributed by atoms with E-state index in [2.05, 4.69) is 50.7 Å². The summed E-state index contributed by atoms with van der Waals surface area (Å²) in [7, 11) is 0.684. The standard InChI is InChI=1S/C10H25N2P/c1-8-12(9-2)13(7,11-6)10(3,4)5/h8-9H2,1-7H3. The first-order valence-electron chi connectivity index (χ1n) is 5.06. The summed E-state index contributed by atoms with van der Waals surface area (Å²) in [5.74, 6) is 0. The van der Waals surface area contributed by atoms with Gasteiger partial charge in [0.05, 0.1) is 0 Å². The molecule has 1 unspecified atom stereocenters. The van der Waals surface area contributed by atoms with Crippen molar-refractivity contribution in [2.24, 2.45) is 4.74 Å². The molecule has 0 amide bonds. The van der Waals surface area contributed by atoms with Gasteiger partial charge in [0.15, 0.2) is 0 Å². The summed E-state index contributed by atoms with van der Waals surface area (Å²) in [5, 5.41) is 0.299. The molecule has 0 N–H and O–H groups in total. The van der Waals surface area contributed by atoms with Gasteiger partial charge in [0.2, 0.25) is 0 Å². The Hall–Kier alpha value is 0.190. The third-order valence-corrected chi connectivity index (χ3v) is 7.93. The number of rotatable bonds is 3. The third-order valence-electron chi connectivity index (χ3n) is 2.94. The van der Waals surface area contributed by atoms with Gasteiger partial charge in [-0.05, 0) is 6.66 Å². The van der Waals surface area contributed by atoms with Crippen molar-refractivity contribution in [3.05, 3.63) is 0 Å². The number of nitrogens with zero attached hydrogens (tertiary/aromatic N) is 2. The van der Waals surface area contributed by atoms with E-state index in [1.54, 1.807) is 0 Å². The van der Waals surface area contributed by atoms with Gasteiger partial charge in [0, 0.05) is 32.5 Å². The molecule has 0 aliphatic heterocycles. The maximum Gasteiger partial charge on any atom is 0.0341 e. The van der Waals surface area contributed by atoms with Gasteiger partial charge in [0.25, 0.3) is 0 Å². The molecule has 0 rings (SSSR count). The summed E-state index contributed by atoms with van der Waals surface area (Å²) in [4.78, 5) is 0. The summed E-state index contributed by atoms with van der Waals surface area (Å²) in [6.07, 6.45) is 0. The van der Waals surface area contributed by atoms with Crippen LogP contribution >= 0.6 is 7.21 Å². The average molecular weight is 204 g/mol. The van der Waals surface area contributed by atoms with Crippen LogP contribution < -0.4 is 0 Å². The van der Waals surface area contributed by atoms with Crippen LogP contribution in [0.1, 0.15) is 34.6 Å². The van der Waals surface area contributed by atoms with Gasteiger partial charge in [0.1, 0.15) is 0 Å². The molecule has 0 aromatic carbocycles. The van der Waals surface area contributed by atoms with Crippen LogP contribution in [0.5, 0.6) is 0 Å². The second-order valence-corrected chi connectivity index (χ2v) is 8.56. The van der Waals surface area contributed by atoms with Gasteiger partial charge in [-0.15, -0.1) is 0 Å². The highest BCUT2D eigenvalue weighted by Gasteiger charge is 2.32. The third kappa shape index (κ3) is 2.57. The highest BCUT2D eigenvalue weighted by molar-refractivity contribution is 7.64. The summed E-state index contributed by atoms with van der Waals surface area (Å²) in [6.45, 7) is 15.9. The Morgan fingerprint density at radius 3 is 1.62 bits per heavy atom. The highest BCUT2D eigenvalue weighted by atomic mass is 31.2. The van der Waals surface area contributed by atoms with Crippen LogP contribution in [0.15, 0.2) is 4.74 Å². The normalized spacial score (nSPS) is 17.2. The molecule has 80 valence electrons. The van der Waals surface area contributed by atoms with E-state index < -0.39 is 7.21 Å². The highest BCUT2D eigenvalue weighted by Crippen LogP contribution is 2.59. The van der Waals surface area contributed by atoms with Crippen LogP contribution in [0.25, 0.3) is 0 Å². The Labute approximate surface area is 83.8 Å². The van der Waals surface area contributed by atoms with Crippen molar-refractivity contribution in [2.75, 3.05) is 26.8 Å².